The van der Waals surface area contributed by atoms with Crippen LogP contribution >= 0.6 is 0 Å². The van der Waals surface area contributed by atoms with Gasteiger partial charge in [-0.2, -0.15) is 5.10 Å². The van der Waals surface area contributed by atoms with Crippen molar-refractivity contribution in [1.29, 1.82) is 0 Å². The van der Waals surface area contributed by atoms with Crippen LogP contribution in [0.2, 0.25) is 0 Å². The van der Waals surface area contributed by atoms with Crippen molar-refractivity contribution in [3.05, 3.63) is 53.7 Å². The molecule has 2 aromatic heterocycles. The lowest BCUT2D eigenvalue weighted by molar-refractivity contribution is 0.251. The Kier molecular flexibility index (Phi) is 4.33. The standard InChI is InChI=1S/C17H19N5O2/c1-11-4-5-13(16-20-12(2)10-24-16)8-15(11)21-17(23)18-9-14-6-7-19-22(14)3/h4-8,10H,9H2,1-3H3,(H2,18,21,23). The van der Waals surface area contributed by atoms with E-state index in [-0.39, 0.29) is 6.03 Å². The highest BCUT2D eigenvalue weighted by atomic mass is 16.3. The van der Waals surface area contributed by atoms with Crippen LogP contribution in [0.4, 0.5) is 10.5 Å². The van der Waals surface area contributed by atoms with Gasteiger partial charge in [0.25, 0.3) is 0 Å². The number of aromatic nitrogens is 3. The number of anilines is 1. The first kappa shape index (κ1) is 15.8. The van der Waals surface area contributed by atoms with Crippen LogP contribution in [0.15, 0.2) is 41.1 Å². The molecule has 3 rings (SSSR count). The maximum Gasteiger partial charge on any atom is 0.319 e. The molecular weight excluding hydrogens is 306 g/mol. The second-order valence-corrected chi connectivity index (χ2v) is 5.58. The van der Waals surface area contributed by atoms with E-state index in [1.54, 1.807) is 17.1 Å². The summed E-state index contributed by atoms with van der Waals surface area (Å²) < 4.78 is 7.13. The number of urea groups is 1. The average molecular weight is 325 g/mol. The van der Waals surface area contributed by atoms with Crippen molar-refractivity contribution < 1.29 is 9.21 Å². The first-order valence-corrected chi connectivity index (χ1v) is 7.58. The van der Waals surface area contributed by atoms with Crippen LogP contribution in [0, 0.1) is 13.8 Å². The summed E-state index contributed by atoms with van der Waals surface area (Å²) in [5, 5.41) is 9.74. The minimum atomic E-state index is -0.278. The molecule has 0 spiro atoms. The minimum Gasteiger partial charge on any atom is -0.444 e. The number of nitrogens with one attached hydrogen (secondary N) is 2. The molecule has 124 valence electrons. The summed E-state index contributed by atoms with van der Waals surface area (Å²) >= 11 is 0. The van der Waals surface area contributed by atoms with Gasteiger partial charge in [0.2, 0.25) is 5.89 Å². The van der Waals surface area contributed by atoms with E-state index in [1.807, 2.05) is 45.2 Å². The summed E-state index contributed by atoms with van der Waals surface area (Å²) in [5.74, 6) is 0.533. The summed E-state index contributed by atoms with van der Waals surface area (Å²) in [4.78, 5) is 16.4. The Morgan fingerprint density at radius 1 is 1.29 bits per heavy atom. The van der Waals surface area contributed by atoms with E-state index in [1.165, 1.54) is 0 Å². The first-order valence-electron chi connectivity index (χ1n) is 7.58. The number of hydrogen-bond acceptors (Lipinski definition) is 4. The van der Waals surface area contributed by atoms with Crippen LogP contribution in [-0.2, 0) is 13.6 Å². The number of benzene rings is 1. The van der Waals surface area contributed by atoms with Gasteiger partial charge in [0, 0.05) is 24.5 Å². The van der Waals surface area contributed by atoms with Crippen molar-refractivity contribution >= 4 is 11.7 Å². The van der Waals surface area contributed by atoms with E-state index in [0.717, 1.165) is 22.5 Å². The smallest absolute Gasteiger partial charge is 0.319 e. The molecule has 0 saturated carbocycles. The largest absolute Gasteiger partial charge is 0.444 e. The van der Waals surface area contributed by atoms with Crippen molar-refractivity contribution in [1.82, 2.24) is 20.1 Å². The highest BCUT2D eigenvalue weighted by Crippen LogP contribution is 2.24. The molecular formula is C17H19N5O2. The molecule has 0 radical (unpaired) electrons. The van der Waals surface area contributed by atoms with Crippen molar-refractivity contribution in [2.75, 3.05) is 5.32 Å². The minimum absolute atomic E-state index is 0.278. The molecule has 2 amide bonds. The SMILES string of the molecule is Cc1coc(-c2ccc(C)c(NC(=O)NCc3ccnn3C)c2)n1. The number of carbonyl (C=O) groups excluding carboxylic acids is 1. The number of aryl methyl sites for hydroxylation is 3. The van der Waals surface area contributed by atoms with Crippen LogP contribution in [0.25, 0.3) is 11.5 Å². The molecule has 7 nitrogen and oxygen atoms in total. The van der Waals surface area contributed by atoms with E-state index < -0.39 is 0 Å². The van der Waals surface area contributed by atoms with Gasteiger partial charge in [-0.15, -0.1) is 0 Å². The predicted molar refractivity (Wildman–Crippen MR) is 90.5 cm³/mol. The van der Waals surface area contributed by atoms with Gasteiger partial charge < -0.3 is 15.1 Å². The molecule has 1 aromatic carbocycles. The molecule has 0 aliphatic heterocycles. The number of oxazole rings is 1. The molecule has 0 unspecified atom stereocenters. The van der Waals surface area contributed by atoms with E-state index in [0.29, 0.717) is 18.1 Å². The van der Waals surface area contributed by atoms with Gasteiger partial charge in [-0.3, -0.25) is 4.68 Å². The summed E-state index contributed by atoms with van der Waals surface area (Å²) in [5.41, 5.74) is 4.22. The Bertz CT molecular complexity index is 866. The number of amides is 2. The molecule has 3 aromatic rings. The molecule has 0 bridgehead atoms. The summed E-state index contributed by atoms with van der Waals surface area (Å²) in [6.45, 7) is 4.20. The van der Waals surface area contributed by atoms with E-state index >= 15 is 0 Å². The lowest BCUT2D eigenvalue weighted by Gasteiger charge is -2.11. The van der Waals surface area contributed by atoms with Crippen LogP contribution < -0.4 is 10.6 Å². The van der Waals surface area contributed by atoms with Gasteiger partial charge in [-0.05, 0) is 37.6 Å². The van der Waals surface area contributed by atoms with Crippen LogP contribution in [0.5, 0.6) is 0 Å². The number of nitrogens with zero attached hydrogens (tertiary/aromatic N) is 3. The third-order valence-corrected chi connectivity index (χ3v) is 3.70. The molecule has 0 saturated heterocycles. The lowest BCUT2D eigenvalue weighted by Crippen LogP contribution is -2.29. The molecule has 0 atom stereocenters. The molecule has 0 aliphatic rings. The Balaban J connectivity index is 1.70. The molecule has 0 fully saturated rings. The number of rotatable bonds is 4. The second-order valence-electron chi connectivity index (χ2n) is 5.58. The fourth-order valence-corrected chi connectivity index (χ4v) is 2.29. The Hall–Kier alpha value is -3.09. The molecule has 24 heavy (non-hydrogen) atoms. The summed E-state index contributed by atoms with van der Waals surface area (Å²) in [6.07, 6.45) is 3.30. The zero-order chi connectivity index (χ0) is 17.1. The van der Waals surface area contributed by atoms with Gasteiger partial charge in [0.15, 0.2) is 0 Å². The Morgan fingerprint density at radius 2 is 2.12 bits per heavy atom. The van der Waals surface area contributed by atoms with Gasteiger partial charge in [-0.1, -0.05) is 6.07 Å². The lowest BCUT2D eigenvalue weighted by atomic mass is 10.1. The molecule has 0 aliphatic carbocycles. The average Bonchev–Trinajstić information content (AvgIpc) is 3.16. The second kappa shape index (κ2) is 6.57. The number of carbonyl (C=O) groups is 1. The fourth-order valence-electron chi connectivity index (χ4n) is 2.29. The zero-order valence-corrected chi connectivity index (χ0v) is 13.8. The highest BCUT2D eigenvalue weighted by Gasteiger charge is 2.10. The van der Waals surface area contributed by atoms with Crippen molar-refractivity contribution in [2.45, 2.75) is 20.4 Å². The van der Waals surface area contributed by atoms with Crippen LogP contribution in [-0.4, -0.2) is 20.8 Å². The van der Waals surface area contributed by atoms with Crippen molar-refractivity contribution in [3.63, 3.8) is 0 Å². The van der Waals surface area contributed by atoms with Crippen LogP contribution in [0.1, 0.15) is 17.0 Å². The summed E-state index contributed by atoms with van der Waals surface area (Å²) in [7, 11) is 1.83. The maximum absolute atomic E-state index is 12.1. The van der Waals surface area contributed by atoms with E-state index in [4.69, 9.17) is 4.42 Å². The monoisotopic (exact) mass is 325 g/mol. The predicted octanol–water partition coefficient (Wildman–Crippen LogP) is 3.01. The highest BCUT2D eigenvalue weighted by molar-refractivity contribution is 5.90. The van der Waals surface area contributed by atoms with Crippen LogP contribution in [0.3, 0.4) is 0 Å². The zero-order valence-electron chi connectivity index (χ0n) is 13.8. The summed E-state index contributed by atoms with van der Waals surface area (Å²) in [6, 6.07) is 7.27. The normalized spacial score (nSPS) is 10.6. The third-order valence-electron chi connectivity index (χ3n) is 3.70. The topological polar surface area (TPSA) is 85.0 Å². The van der Waals surface area contributed by atoms with E-state index in [2.05, 4.69) is 20.7 Å². The fraction of sp³-hybridized carbons (Fsp3) is 0.235. The molecule has 2 N–H and O–H groups in total. The van der Waals surface area contributed by atoms with Gasteiger partial charge in [0.1, 0.15) is 6.26 Å². The third kappa shape index (κ3) is 3.45. The number of hydrogen-bond donors (Lipinski definition) is 2. The molecule has 7 heteroatoms. The van der Waals surface area contributed by atoms with Crippen molar-refractivity contribution in [2.24, 2.45) is 7.05 Å². The maximum atomic E-state index is 12.1. The van der Waals surface area contributed by atoms with Gasteiger partial charge in [0.05, 0.1) is 17.9 Å². The van der Waals surface area contributed by atoms with Crippen molar-refractivity contribution in [3.8, 4) is 11.5 Å². The Labute approximate surface area is 139 Å². The molecule has 2 heterocycles. The first-order chi connectivity index (χ1) is 11.5. The van der Waals surface area contributed by atoms with Gasteiger partial charge >= 0.3 is 6.03 Å². The van der Waals surface area contributed by atoms with E-state index in [9.17, 15) is 4.79 Å². The quantitative estimate of drug-likeness (QED) is 0.772. The van der Waals surface area contributed by atoms with Gasteiger partial charge in [-0.25, -0.2) is 9.78 Å². The Morgan fingerprint density at radius 3 is 2.79 bits per heavy atom.